The molecule has 1 N–H and O–H groups in total. The van der Waals surface area contributed by atoms with E-state index < -0.39 is 5.25 Å². The van der Waals surface area contributed by atoms with Crippen molar-refractivity contribution in [3.05, 3.63) is 102 Å². The molecule has 1 fully saturated rings. The van der Waals surface area contributed by atoms with Gasteiger partial charge in [0.15, 0.2) is 5.16 Å². The molecule has 3 aromatic carbocycles. The van der Waals surface area contributed by atoms with Crippen LogP contribution in [-0.4, -0.2) is 27.3 Å². The van der Waals surface area contributed by atoms with Crippen LogP contribution in [0.4, 0.5) is 5.69 Å². The molecule has 0 spiro atoms. The number of para-hydroxylation sites is 2. The molecule has 7 heteroatoms. The highest BCUT2D eigenvalue weighted by Crippen LogP contribution is 2.42. The maximum Gasteiger partial charge on any atom is 0.242 e. The minimum atomic E-state index is -0.503. The van der Waals surface area contributed by atoms with Gasteiger partial charge in [-0.3, -0.25) is 4.79 Å². The molecule has 178 valence electrons. The number of ether oxygens (including phenoxy) is 1. The van der Waals surface area contributed by atoms with E-state index in [1.165, 1.54) is 17.3 Å². The molecular weight excluding hydrogens is 456 g/mol. The average Bonchev–Trinajstić information content (AvgIpc) is 3.66. The molecule has 4 aromatic rings. The van der Waals surface area contributed by atoms with Crippen LogP contribution in [-0.2, 0) is 11.3 Å². The van der Waals surface area contributed by atoms with Crippen LogP contribution >= 0.6 is 11.8 Å². The Morgan fingerprint density at radius 2 is 1.69 bits per heavy atom. The minimum Gasteiger partial charge on any atom is -0.492 e. The topological polar surface area (TPSA) is 69.0 Å². The second-order valence-corrected chi connectivity index (χ2v) is 9.59. The lowest BCUT2D eigenvalue weighted by Crippen LogP contribution is -2.20. The van der Waals surface area contributed by atoms with Crippen LogP contribution in [0.1, 0.15) is 47.9 Å². The minimum absolute atomic E-state index is 0.129. The maximum absolute atomic E-state index is 13.7. The first-order valence-electron chi connectivity index (χ1n) is 11.9. The first kappa shape index (κ1) is 23.2. The molecule has 1 aliphatic carbocycles. The molecule has 0 saturated heterocycles. The van der Waals surface area contributed by atoms with E-state index in [1.807, 2.05) is 79.7 Å². The van der Waals surface area contributed by atoms with Gasteiger partial charge < -0.3 is 14.6 Å². The number of carbonyl (C=O) groups excluding carboxylic acids is 1. The van der Waals surface area contributed by atoms with E-state index in [0.717, 1.165) is 29.4 Å². The average molecular weight is 485 g/mol. The van der Waals surface area contributed by atoms with E-state index >= 15 is 0 Å². The zero-order valence-corrected chi connectivity index (χ0v) is 20.4. The molecular formula is C28H28N4O2S. The Kier molecular flexibility index (Phi) is 7.14. The highest BCUT2D eigenvalue weighted by Gasteiger charge is 2.32. The summed E-state index contributed by atoms with van der Waals surface area (Å²) in [4.78, 5) is 13.7. The summed E-state index contributed by atoms with van der Waals surface area (Å²) in [5.41, 5.74) is 2.75. The summed E-state index contributed by atoms with van der Waals surface area (Å²) in [6, 6.07) is 27.6. The lowest BCUT2D eigenvalue weighted by molar-refractivity contribution is -0.115. The first-order chi connectivity index (χ1) is 17.2. The van der Waals surface area contributed by atoms with Crippen molar-refractivity contribution in [1.29, 1.82) is 0 Å². The number of carbonyl (C=O) groups is 1. The quantitative estimate of drug-likeness (QED) is 0.277. The molecule has 35 heavy (non-hydrogen) atoms. The molecule has 1 saturated carbocycles. The number of nitrogens with zero attached hydrogens (tertiary/aromatic N) is 3. The summed E-state index contributed by atoms with van der Waals surface area (Å²) >= 11 is 1.44. The summed E-state index contributed by atoms with van der Waals surface area (Å²) in [6.07, 6.45) is 2.27. The molecule has 6 nitrogen and oxygen atoms in total. The summed E-state index contributed by atoms with van der Waals surface area (Å²) in [5.74, 6) is 1.98. The summed E-state index contributed by atoms with van der Waals surface area (Å²) < 4.78 is 7.89. The van der Waals surface area contributed by atoms with Gasteiger partial charge in [-0.15, -0.1) is 10.2 Å². The fourth-order valence-corrected chi connectivity index (χ4v) is 5.04. The van der Waals surface area contributed by atoms with Gasteiger partial charge in [0.1, 0.15) is 16.8 Å². The molecule has 1 amide bonds. The number of aromatic nitrogens is 3. The Morgan fingerprint density at radius 1 is 1.00 bits per heavy atom. The van der Waals surface area contributed by atoms with Crippen LogP contribution in [0.15, 0.2) is 90.1 Å². The monoisotopic (exact) mass is 484 g/mol. The van der Waals surface area contributed by atoms with Crippen molar-refractivity contribution in [2.24, 2.45) is 0 Å². The van der Waals surface area contributed by atoms with E-state index in [2.05, 4.69) is 32.2 Å². The lowest BCUT2D eigenvalue weighted by Gasteiger charge is -2.19. The van der Waals surface area contributed by atoms with E-state index in [1.54, 1.807) is 0 Å². The van der Waals surface area contributed by atoms with Crippen molar-refractivity contribution >= 4 is 23.4 Å². The summed E-state index contributed by atoms with van der Waals surface area (Å²) in [7, 11) is 0. The van der Waals surface area contributed by atoms with Gasteiger partial charge in [-0.05, 0) is 43.0 Å². The van der Waals surface area contributed by atoms with Crippen molar-refractivity contribution in [2.75, 3.05) is 11.9 Å². The third-order valence-corrected chi connectivity index (χ3v) is 7.11. The van der Waals surface area contributed by atoms with Gasteiger partial charge in [-0.2, -0.15) is 0 Å². The van der Waals surface area contributed by atoms with Gasteiger partial charge in [-0.25, -0.2) is 0 Å². The lowest BCUT2D eigenvalue weighted by atomic mass is 10.1. The molecule has 5 rings (SSSR count). The second-order valence-electron chi connectivity index (χ2n) is 8.51. The van der Waals surface area contributed by atoms with Crippen molar-refractivity contribution in [2.45, 2.75) is 42.6 Å². The van der Waals surface area contributed by atoms with Gasteiger partial charge in [0.2, 0.25) is 5.91 Å². The molecule has 1 atom stereocenters. The number of thioether (sulfide) groups is 1. The van der Waals surface area contributed by atoms with Crippen LogP contribution in [0.25, 0.3) is 0 Å². The van der Waals surface area contributed by atoms with Gasteiger partial charge in [0.05, 0.1) is 18.8 Å². The number of amides is 1. The Bertz CT molecular complexity index is 1270. The van der Waals surface area contributed by atoms with Crippen LogP contribution in [0.5, 0.6) is 5.75 Å². The largest absolute Gasteiger partial charge is 0.492 e. The molecule has 0 bridgehead atoms. The molecule has 1 heterocycles. The van der Waals surface area contributed by atoms with Gasteiger partial charge in [-0.1, -0.05) is 84.6 Å². The highest BCUT2D eigenvalue weighted by molar-refractivity contribution is 8.00. The van der Waals surface area contributed by atoms with Crippen LogP contribution < -0.4 is 10.1 Å². The van der Waals surface area contributed by atoms with Crippen molar-refractivity contribution < 1.29 is 9.53 Å². The zero-order valence-electron chi connectivity index (χ0n) is 19.6. The molecule has 1 aromatic heterocycles. The van der Waals surface area contributed by atoms with E-state index in [0.29, 0.717) is 30.5 Å². The molecule has 0 radical (unpaired) electrons. The third kappa shape index (κ3) is 5.57. The smallest absolute Gasteiger partial charge is 0.242 e. The van der Waals surface area contributed by atoms with Crippen LogP contribution in [0.2, 0.25) is 0 Å². The predicted molar refractivity (Wildman–Crippen MR) is 139 cm³/mol. The fourth-order valence-electron chi connectivity index (χ4n) is 4.00. The van der Waals surface area contributed by atoms with Gasteiger partial charge in [0.25, 0.3) is 0 Å². The SMILES string of the molecule is CCOc1ccccc1NC(=O)C(Sc1nnc(C2CC2)n1Cc1ccccc1)c1ccccc1. The van der Waals surface area contributed by atoms with Crippen LogP contribution in [0.3, 0.4) is 0 Å². The molecule has 1 unspecified atom stereocenters. The van der Waals surface area contributed by atoms with Crippen LogP contribution in [0, 0.1) is 0 Å². The van der Waals surface area contributed by atoms with E-state index in [9.17, 15) is 4.79 Å². The fraction of sp³-hybridized carbons (Fsp3) is 0.250. The maximum atomic E-state index is 13.7. The summed E-state index contributed by atoms with van der Waals surface area (Å²) in [6.45, 7) is 3.13. The van der Waals surface area contributed by atoms with Gasteiger partial charge >= 0.3 is 0 Å². The Hall–Kier alpha value is -3.58. The van der Waals surface area contributed by atoms with Crippen molar-refractivity contribution in [1.82, 2.24) is 14.8 Å². The third-order valence-electron chi connectivity index (χ3n) is 5.88. The number of hydrogen-bond acceptors (Lipinski definition) is 5. The Labute approximate surface area is 209 Å². The molecule has 0 aliphatic heterocycles. The van der Waals surface area contributed by atoms with Crippen molar-refractivity contribution in [3.8, 4) is 5.75 Å². The molecule has 1 aliphatic rings. The second kappa shape index (κ2) is 10.8. The standard InChI is InChI=1S/C28H28N4O2S/c1-2-34-24-16-10-9-15-23(24)29-27(33)25(21-13-7-4-8-14-21)35-28-31-30-26(22-17-18-22)32(28)19-20-11-5-3-6-12-20/h3-16,22,25H,2,17-19H2,1H3,(H,29,33). The van der Waals surface area contributed by atoms with Crippen molar-refractivity contribution in [3.63, 3.8) is 0 Å². The number of anilines is 1. The number of nitrogens with one attached hydrogen (secondary N) is 1. The first-order valence-corrected chi connectivity index (χ1v) is 12.8. The number of hydrogen-bond donors (Lipinski definition) is 1. The number of benzene rings is 3. The van der Waals surface area contributed by atoms with Gasteiger partial charge in [0, 0.05) is 5.92 Å². The zero-order chi connectivity index (χ0) is 24.0. The predicted octanol–water partition coefficient (Wildman–Crippen LogP) is 6.07. The highest BCUT2D eigenvalue weighted by atomic mass is 32.2. The van der Waals surface area contributed by atoms with E-state index in [-0.39, 0.29) is 5.91 Å². The normalized spacial score (nSPS) is 13.9. The number of rotatable bonds is 10. The summed E-state index contributed by atoms with van der Waals surface area (Å²) in [5, 5.41) is 12.4. The van der Waals surface area contributed by atoms with E-state index in [4.69, 9.17) is 4.74 Å². The Balaban J connectivity index is 1.46. The Morgan fingerprint density at radius 3 is 2.40 bits per heavy atom.